The van der Waals surface area contributed by atoms with Crippen molar-refractivity contribution in [3.05, 3.63) is 35.9 Å². The molecule has 1 aromatic rings. The second-order valence-electron chi connectivity index (χ2n) is 3.26. The summed E-state index contributed by atoms with van der Waals surface area (Å²) < 4.78 is 0. The third-order valence-corrected chi connectivity index (χ3v) is 2.45. The first-order valence-corrected chi connectivity index (χ1v) is 5.15. The molecular weight excluding hydrogens is 198 g/mol. The highest BCUT2D eigenvalue weighted by atomic mass is 35.5. The van der Waals surface area contributed by atoms with E-state index in [9.17, 15) is 4.79 Å². The van der Waals surface area contributed by atoms with E-state index in [-0.39, 0.29) is 11.8 Å². The first-order chi connectivity index (χ1) is 6.74. The third kappa shape index (κ3) is 3.38. The van der Waals surface area contributed by atoms with Gasteiger partial charge >= 0.3 is 0 Å². The van der Waals surface area contributed by atoms with Gasteiger partial charge in [0, 0.05) is 18.3 Å². The maximum Gasteiger partial charge on any atom is 0.224 e. The lowest BCUT2D eigenvalue weighted by molar-refractivity contribution is -0.124. The Hall–Kier alpha value is -1.02. The number of alkyl halides is 1. The third-order valence-electron chi connectivity index (χ3n) is 1.99. The number of rotatable bonds is 4. The molecule has 2 nitrogen and oxygen atoms in total. The lowest BCUT2D eigenvalue weighted by atomic mass is 10.2. The largest absolute Gasteiger partial charge is 0.352 e. The number of halogens is 1. The zero-order valence-electron chi connectivity index (χ0n) is 8.16. The van der Waals surface area contributed by atoms with E-state index in [0.29, 0.717) is 12.4 Å². The van der Waals surface area contributed by atoms with Crippen LogP contribution in [0.15, 0.2) is 30.3 Å². The Balaban J connectivity index is 2.38. The van der Waals surface area contributed by atoms with E-state index >= 15 is 0 Å². The summed E-state index contributed by atoms with van der Waals surface area (Å²) in [6.45, 7) is 2.38. The maximum absolute atomic E-state index is 11.4. The molecule has 0 radical (unpaired) electrons. The Morgan fingerprint density at radius 3 is 2.64 bits per heavy atom. The van der Waals surface area contributed by atoms with Crippen molar-refractivity contribution in [2.75, 3.05) is 5.88 Å². The zero-order valence-corrected chi connectivity index (χ0v) is 8.92. The van der Waals surface area contributed by atoms with E-state index in [1.165, 1.54) is 0 Å². The fourth-order valence-electron chi connectivity index (χ4n) is 1.03. The van der Waals surface area contributed by atoms with Crippen molar-refractivity contribution in [1.29, 1.82) is 0 Å². The van der Waals surface area contributed by atoms with E-state index in [1.807, 2.05) is 37.3 Å². The van der Waals surface area contributed by atoms with E-state index in [1.54, 1.807) is 0 Å². The highest BCUT2D eigenvalue weighted by molar-refractivity contribution is 6.19. The van der Waals surface area contributed by atoms with Gasteiger partial charge < -0.3 is 5.32 Å². The van der Waals surface area contributed by atoms with Crippen molar-refractivity contribution in [3.8, 4) is 0 Å². The van der Waals surface area contributed by atoms with Crippen molar-refractivity contribution in [2.24, 2.45) is 5.92 Å². The van der Waals surface area contributed by atoms with Gasteiger partial charge in [-0.2, -0.15) is 0 Å². The molecule has 0 spiro atoms. The molecule has 0 fully saturated rings. The minimum Gasteiger partial charge on any atom is -0.352 e. The van der Waals surface area contributed by atoms with Crippen LogP contribution in [0.4, 0.5) is 0 Å². The molecule has 0 aliphatic heterocycles. The van der Waals surface area contributed by atoms with Crippen LogP contribution in [-0.2, 0) is 11.3 Å². The lowest BCUT2D eigenvalue weighted by Crippen LogP contribution is -2.29. The minimum absolute atomic E-state index is 0.00357. The number of carbonyl (C=O) groups is 1. The number of amides is 1. The Kier molecular flexibility index (Phi) is 4.47. The first kappa shape index (κ1) is 11.1. The maximum atomic E-state index is 11.4. The van der Waals surface area contributed by atoms with Gasteiger partial charge in [-0.3, -0.25) is 4.79 Å². The SMILES string of the molecule is CC(CCl)C(=O)NCc1ccccc1. The van der Waals surface area contributed by atoms with Crippen LogP contribution >= 0.6 is 11.6 Å². The smallest absolute Gasteiger partial charge is 0.224 e. The fourth-order valence-corrected chi connectivity index (χ4v) is 1.17. The van der Waals surface area contributed by atoms with Gasteiger partial charge in [-0.15, -0.1) is 11.6 Å². The molecule has 0 bridgehead atoms. The predicted octanol–water partition coefficient (Wildman–Crippen LogP) is 2.18. The van der Waals surface area contributed by atoms with Crippen molar-refractivity contribution < 1.29 is 4.79 Å². The number of hydrogen-bond acceptors (Lipinski definition) is 1. The van der Waals surface area contributed by atoms with Gasteiger partial charge in [0.05, 0.1) is 0 Å². The summed E-state index contributed by atoms with van der Waals surface area (Å²) in [5, 5.41) is 2.83. The molecule has 3 heteroatoms. The molecule has 1 unspecified atom stereocenters. The van der Waals surface area contributed by atoms with Gasteiger partial charge in [0.15, 0.2) is 0 Å². The van der Waals surface area contributed by atoms with Crippen LogP contribution in [0.25, 0.3) is 0 Å². The number of carbonyl (C=O) groups excluding carboxylic acids is 1. The van der Waals surface area contributed by atoms with Gasteiger partial charge in [0.1, 0.15) is 0 Å². The normalized spacial score (nSPS) is 12.1. The average Bonchev–Trinajstić information content (AvgIpc) is 2.26. The Morgan fingerprint density at radius 2 is 2.07 bits per heavy atom. The zero-order chi connectivity index (χ0) is 10.4. The van der Waals surface area contributed by atoms with Gasteiger partial charge in [-0.25, -0.2) is 0 Å². The summed E-state index contributed by atoms with van der Waals surface area (Å²) in [4.78, 5) is 11.4. The molecule has 0 saturated carbocycles. The Labute approximate surface area is 89.3 Å². The highest BCUT2D eigenvalue weighted by Crippen LogP contribution is 2.00. The van der Waals surface area contributed by atoms with Crippen LogP contribution in [0.5, 0.6) is 0 Å². The van der Waals surface area contributed by atoms with Gasteiger partial charge in [0.2, 0.25) is 5.91 Å². The Morgan fingerprint density at radius 1 is 1.43 bits per heavy atom. The molecule has 1 aromatic carbocycles. The summed E-state index contributed by atoms with van der Waals surface area (Å²) in [6, 6.07) is 9.81. The lowest BCUT2D eigenvalue weighted by Gasteiger charge is -2.08. The molecular formula is C11H14ClNO. The number of benzene rings is 1. The molecule has 1 N–H and O–H groups in total. The van der Waals surface area contributed by atoms with E-state index < -0.39 is 0 Å². The average molecular weight is 212 g/mol. The first-order valence-electron chi connectivity index (χ1n) is 4.61. The molecule has 0 aliphatic carbocycles. The number of hydrogen-bond donors (Lipinski definition) is 1. The highest BCUT2D eigenvalue weighted by Gasteiger charge is 2.09. The monoisotopic (exact) mass is 211 g/mol. The second kappa shape index (κ2) is 5.66. The standard InChI is InChI=1S/C11H14ClNO/c1-9(7-12)11(14)13-8-10-5-3-2-4-6-10/h2-6,9H,7-8H2,1H3,(H,13,14). The van der Waals surface area contributed by atoms with Gasteiger partial charge in [0.25, 0.3) is 0 Å². The van der Waals surface area contributed by atoms with Crippen molar-refractivity contribution in [1.82, 2.24) is 5.32 Å². The van der Waals surface area contributed by atoms with Crippen LogP contribution in [-0.4, -0.2) is 11.8 Å². The van der Waals surface area contributed by atoms with Crippen LogP contribution < -0.4 is 5.32 Å². The summed E-state index contributed by atoms with van der Waals surface area (Å²) >= 11 is 5.57. The molecule has 0 aliphatic rings. The summed E-state index contributed by atoms with van der Waals surface area (Å²) in [5.74, 6) is 0.241. The van der Waals surface area contributed by atoms with Crippen LogP contribution in [0.3, 0.4) is 0 Å². The van der Waals surface area contributed by atoms with E-state index in [0.717, 1.165) is 5.56 Å². The summed E-state index contributed by atoms with van der Waals surface area (Å²) in [5.41, 5.74) is 1.10. The molecule has 76 valence electrons. The topological polar surface area (TPSA) is 29.1 Å². The molecule has 0 aromatic heterocycles. The molecule has 1 atom stereocenters. The molecule has 1 rings (SSSR count). The quantitative estimate of drug-likeness (QED) is 0.760. The molecule has 1 amide bonds. The summed E-state index contributed by atoms with van der Waals surface area (Å²) in [7, 11) is 0. The Bertz CT molecular complexity index is 287. The molecule has 14 heavy (non-hydrogen) atoms. The predicted molar refractivity (Wildman–Crippen MR) is 58.2 cm³/mol. The van der Waals surface area contributed by atoms with Crippen molar-refractivity contribution >= 4 is 17.5 Å². The van der Waals surface area contributed by atoms with Gasteiger partial charge in [-0.1, -0.05) is 37.3 Å². The second-order valence-corrected chi connectivity index (χ2v) is 3.57. The van der Waals surface area contributed by atoms with Gasteiger partial charge in [-0.05, 0) is 5.56 Å². The fraction of sp³-hybridized carbons (Fsp3) is 0.364. The number of nitrogens with one attached hydrogen (secondary N) is 1. The van der Waals surface area contributed by atoms with Crippen molar-refractivity contribution in [3.63, 3.8) is 0 Å². The van der Waals surface area contributed by atoms with Crippen LogP contribution in [0, 0.1) is 5.92 Å². The molecule has 0 heterocycles. The van der Waals surface area contributed by atoms with E-state index in [4.69, 9.17) is 11.6 Å². The van der Waals surface area contributed by atoms with E-state index in [2.05, 4.69) is 5.32 Å². The van der Waals surface area contributed by atoms with Crippen LogP contribution in [0.1, 0.15) is 12.5 Å². The minimum atomic E-state index is -0.125. The summed E-state index contributed by atoms with van der Waals surface area (Å²) in [6.07, 6.45) is 0. The van der Waals surface area contributed by atoms with Crippen LogP contribution in [0.2, 0.25) is 0 Å². The van der Waals surface area contributed by atoms with Crippen molar-refractivity contribution in [2.45, 2.75) is 13.5 Å². The molecule has 0 saturated heterocycles.